The van der Waals surface area contributed by atoms with Crippen molar-refractivity contribution in [3.05, 3.63) is 65.2 Å². The van der Waals surface area contributed by atoms with Crippen LogP contribution >= 0.6 is 0 Å². The summed E-state index contributed by atoms with van der Waals surface area (Å²) < 4.78 is 5.87. The average molecular weight is 341 g/mol. The zero-order chi connectivity index (χ0) is 18.2. The molecule has 2 N–H and O–H groups in total. The second-order valence-electron chi connectivity index (χ2n) is 6.56. The van der Waals surface area contributed by atoms with Crippen LogP contribution in [0.15, 0.2) is 48.5 Å². The first-order valence-corrected chi connectivity index (χ1v) is 8.66. The van der Waals surface area contributed by atoms with Crippen LogP contribution in [0.25, 0.3) is 0 Å². The third-order valence-corrected chi connectivity index (χ3v) is 4.45. The third-order valence-electron chi connectivity index (χ3n) is 4.45. The highest BCUT2D eigenvalue weighted by Crippen LogP contribution is 2.17. The second kappa shape index (κ2) is 9.23. The number of rotatable bonds is 8. The largest absolute Gasteiger partial charge is 0.489 e. The summed E-state index contributed by atoms with van der Waals surface area (Å²) in [7, 11) is 0. The number of ether oxygens (including phenoxy) is 1. The van der Waals surface area contributed by atoms with E-state index in [1.807, 2.05) is 50.2 Å². The zero-order valence-corrected chi connectivity index (χ0v) is 15.2. The second-order valence-corrected chi connectivity index (χ2v) is 6.56. The summed E-state index contributed by atoms with van der Waals surface area (Å²) in [6, 6.07) is 15.7. The number of nitrogens with one attached hydrogen (secondary N) is 1. The van der Waals surface area contributed by atoms with Crippen LogP contribution in [0.2, 0.25) is 0 Å². The Kier molecular flexibility index (Phi) is 7.02. The number of aliphatic hydroxyl groups excluding tert-OH is 1. The summed E-state index contributed by atoms with van der Waals surface area (Å²) in [4.78, 5) is 12.1. The van der Waals surface area contributed by atoms with Gasteiger partial charge in [0, 0.05) is 12.6 Å². The van der Waals surface area contributed by atoms with Gasteiger partial charge in [0.2, 0.25) is 5.91 Å². The zero-order valence-electron chi connectivity index (χ0n) is 15.2. The minimum Gasteiger partial charge on any atom is -0.489 e. The maximum atomic E-state index is 12.1. The molecule has 0 fully saturated rings. The minimum absolute atomic E-state index is 0.0349. The molecule has 4 heteroatoms. The Morgan fingerprint density at radius 2 is 1.92 bits per heavy atom. The van der Waals surface area contributed by atoms with Crippen molar-refractivity contribution in [2.45, 2.75) is 39.8 Å². The van der Waals surface area contributed by atoms with E-state index in [1.165, 1.54) is 5.56 Å². The number of aliphatic hydroxyl groups is 1. The van der Waals surface area contributed by atoms with Gasteiger partial charge >= 0.3 is 0 Å². The molecule has 2 rings (SSSR count). The molecule has 0 heterocycles. The lowest BCUT2D eigenvalue weighted by Gasteiger charge is -2.19. The van der Waals surface area contributed by atoms with Crippen LogP contribution in [0.5, 0.6) is 5.75 Å². The molecule has 0 saturated carbocycles. The first-order chi connectivity index (χ1) is 12.0. The van der Waals surface area contributed by atoms with E-state index in [9.17, 15) is 4.79 Å². The Morgan fingerprint density at radius 1 is 1.16 bits per heavy atom. The van der Waals surface area contributed by atoms with Gasteiger partial charge in [-0.25, -0.2) is 0 Å². The number of amides is 1. The van der Waals surface area contributed by atoms with Crippen LogP contribution in [-0.4, -0.2) is 23.7 Å². The standard InChI is InChI=1S/C21H27NO3/c1-15-7-4-5-9-19(15)14-25-20-10-6-8-18(11-20)12-21(24)22-17(3)16(2)13-23/h4-11,16-17,23H,12-14H2,1-3H3,(H,22,24). The van der Waals surface area contributed by atoms with Gasteiger partial charge in [-0.05, 0) is 48.6 Å². The lowest BCUT2D eigenvalue weighted by molar-refractivity contribution is -0.121. The summed E-state index contributed by atoms with van der Waals surface area (Å²) in [5.41, 5.74) is 3.26. The van der Waals surface area contributed by atoms with Gasteiger partial charge in [0.25, 0.3) is 0 Å². The Labute approximate surface area is 149 Å². The molecule has 0 radical (unpaired) electrons. The smallest absolute Gasteiger partial charge is 0.224 e. The van der Waals surface area contributed by atoms with Crippen molar-refractivity contribution >= 4 is 5.91 Å². The quantitative estimate of drug-likeness (QED) is 0.775. The van der Waals surface area contributed by atoms with Gasteiger partial charge < -0.3 is 15.2 Å². The topological polar surface area (TPSA) is 58.6 Å². The number of carbonyl (C=O) groups excluding carboxylic acids is 1. The van der Waals surface area contributed by atoms with Crippen molar-refractivity contribution in [3.63, 3.8) is 0 Å². The van der Waals surface area contributed by atoms with Crippen molar-refractivity contribution in [2.24, 2.45) is 5.92 Å². The summed E-state index contributed by atoms with van der Waals surface area (Å²) in [6.07, 6.45) is 0.296. The van der Waals surface area contributed by atoms with Crippen LogP contribution in [0.3, 0.4) is 0 Å². The molecule has 2 unspecified atom stereocenters. The first-order valence-electron chi connectivity index (χ1n) is 8.66. The van der Waals surface area contributed by atoms with Crippen molar-refractivity contribution in [3.8, 4) is 5.75 Å². The number of benzene rings is 2. The molecule has 0 aromatic heterocycles. The fourth-order valence-corrected chi connectivity index (χ4v) is 2.47. The SMILES string of the molecule is Cc1ccccc1COc1cccc(CC(=O)NC(C)C(C)CO)c1. The maximum absolute atomic E-state index is 12.1. The van der Waals surface area contributed by atoms with Crippen molar-refractivity contribution in [2.75, 3.05) is 6.61 Å². The maximum Gasteiger partial charge on any atom is 0.224 e. The molecule has 2 aromatic carbocycles. The van der Waals surface area contributed by atoms with Crippen LogP contribution in [-0.2, 0) is 17.8 Å². The highest BCUT2D eigenvalue weighted by atomic mass is 16.5. The fraction of sp³-hybridized carbons (Fsp3) is 0.381. The summed E-state index contributed by atoms with van der Waals surface area (Å²) in [5.74, 6) is 0.738. The molecular weight excluding hydrogens is 314 g/mol. The summed E-state index contributed by atoms with van der Waals surface area (Å²) in [6.45, 7) is 6.44. The Bertz CT molecular complexity index is 699. The van der Waals surface area contributed by atoms with Crippen LogP contribution in [0.4, 0.5) is 0 Å². The number of hydrogen-bond acceptors (Lipinski definition) is 3. The minimum atomic E-state index is -0.0574. The predicted molar refractivity (Wildman–Crippen MR) is 99.5 cm³/mol. The van der Waals surface area contributed by atoms with Gasteiger partial charge in [0.1, 0.15) is 12.4 Å². The molecule has 0 saturated heterocycles. The van der Waals surface area contributed by atoms with E-state index in [2.05, 4.69) is 24.4 Å². The van der Waals surface area contributed by atoms with Gasteiger partial charge in [-0.15, -0.1) is 0 Å². The van der Waals surface area contributed by atoms with E-state index in [0.29, 0.717) is 13.0 Å². The molecule has 0 spiro atoms. The van der Waals surface area contributed by atoms with Crippen LogP contribution in [0.1, 0.15) is 30.5 Å². The average Bonchev–Trinajstić information content (AvgIpc) is 2.60. The third kappa shape index (κ3) is 5.91. The van der Waals surface area contributed by atoms with Crippen molar-refractivity contribution in [1.82, 2.24) is 5.32 Å². The highest BCUT2D eigenvalue weighted by Gasteiger charge is 2.14. The van der Waals surface area contributed by atoms with Crippen LogP contribution in [0, 0.1) is 12.8 Å². The molecule has 1 amide bonds. The van der Waals surface area contributed by atoms with Gasteiger partial charge in [-0.3, -0.25) is 4.79 Å². The molecule has 0 aliphatic carbocycles. The molecule has 4 nitrogen and oxygen atoms in total. The monoisotopic (exact) mass is 341 g/mol. The summed E-state index contributed by atoms with van der Waals surface area (Å²) >= 11 is 0. The molecule has 134 valence electrons. The molecule has 0 bridgehead atoms. The normalized spacial score (nSPS) is 13.1. The van der Waals surface area contributed by atoms with E-state index >= 15 is 0 Å². The lowest BCUT2D eigenvalue weighted by atomic mass is 10.0. The van der Waals surface area contributed by atoms with Crippen molar-refractivity contribution in [1.29, 1.82) is 0 Å². The Hall–Kier alpha value is -2.33. The molecule has 2 atom stereocenters. The number of carbonyl (C=O) groups is 1. The van der Waals surface area contributed by atoms with Gasteiger partial charge in [0.15, 0.2) is 0 Å². The van der Waals surface area contributed by atoms with E-state index in [0.717, 1.165) is 16.9 Å². The highest BCUT2D eigenvalue weighted by molar-refractivity contribution is 5.78. The van der Waals surface area contributed by atoms with Crippen LogP contribution < -0.4 is 10.1 Å². The van der Waals surface area contributed by atoms with E-state index in [1.54, 1.807) is 0 Å². The summed E-state index contributed by atoms with van der Waals surface area (Å²) in [5, 5.41) is 12.1. The van der Waals surface area contributed by atoms with Crippen molar-refractivity contribution < 1.29 is 14.6 Å². The lowest BCUT2D eigenvalue weighted by Crippen LogP contribution is -2.39. The number of hydrogen-bond donors (Lipinski definition) is 2. The molecule has 25 heavy (non-hydrogen) atoms. The molecule has 0 aliphatic rings. The first kappa shape index (κ1) is 19.0. The molecule has 0 aliphatic heterocycles. The van der Waals surface area contributed by atoms with E-state index in [4.69, 9.17) is 9.84 Å². The predicted octanol–water partition coefficient (Wildman–Crippen LogP) is 3.25. The molecular formula is C21H27NO3. The Morgan fingerprint density at radius 3 is 2.64 bits per heavy atom. The van der Waals surface area contributed by atoms with E-state index in [-0.39, 0.29) is 24.5 Å². The molecule has 2 aromatic rings. The Balaban J connectivity index is 1.92. The fourth-order valence-electron chi connectivity index (χ4n) is 2.47. The van der Waals surface area contributed by atoms with Gasteiger partial charge in [-0.2, -0.15) is 0 Å². The number of aryl methyl sites for hydroxylation is 1. The van der Waals surface area contributed by atoms with Gasteiger partial charge in [-0.1, -0.05) is 43.3 Å². The van der Waals surface area contributed by atoms with Gasteiger partial charge in [0.05, 0.1) is 6.42 Å². The van der Waals surface area contributed by atoms with E-state index < -0.39 is 0 Å².